The second-order valence-electron chi connectivity index (χ2n) is 6.52. The van der Waals surface area contributed by atoms with E-state index in [2.05, 4.69) is 4.72 Å². The molecule has 0 radical (unpaired) electrons. The molecule has 0 aliphatic rings. The minimum Gasteiger partial charge on any atom is -0.494 e. The zero-order valence-corrected chi connectivity index (χ0v) is 18.1. The zero-order valence-electron chi connectivity index (χ0n) is 16.5. The molecule has 1 N–H and O–H groups in total. The third-order valence-electron chi connectivity index (χ3n) is 4.42. The fourth-order valence-corrected chi connectivity index (χ4v) is 5.36. The van der Waals surface area contributed by atoms with Crippen molar-refractivity contribution >= 4 is 19.9 Å². The Balaban J connectivity index is 1.71. The monoisotopic (exact) mass is 445 g/mol. The third kappa shape index (κ3) is 5.27. The fraction of sp³-hybridized carbons (Fsp3) is 0.182. The molecule has 0 unspecified atom stereocenters. The summed E-state index contributed by atoms with van der Waals surface area (Å²) in [5.41, 5.74) is 0.960. The molecule has 8 heteroatoms. The summed E-state index contributed by atoms with van der Waals surface area (Å²) in [6, 6.07) is 20.7. The number of ether oxygens (including phenoxy) is 1. The molecule has 3 aromatic rings. The van der Waals surface area contributed by atoms with Gasteiger partial charge in [-0.15, -0.1) is 0 Å². The van der Waals surface area contributed by atoms with Gasteiger partial charge in [-0.3, -0.25) is 0 Å². The van der Waals surface area contributed by atoms with Crippen LogP contribution in [-0.2, 0) is 26.3 Å². The van der Waals surface area contributed by atoms with Crippen LogP contribution < -0.4 is 9.46 Å². The largest absolute Gasteiger partial charge is 0.494 e. The quantitative estimate of drug-likeness (QED) is 0.545. The molecule has 0 aliphatic carbocycles. The van der Waals surface area contributed by atoms with Gasteiger partial charge < -0.3 is 4.74 Å². The Kier molecular flexibility index (Phi) is 6.91. The van der Waals surface area contributed by atoms with Gasteiger partial charge in [-0.2, -0.15) is 0 Å². The van der Waals surface area contributed by atoms with Gasteiger partial charge in [0.2, 0.25) is 19.9 Å². The Bertz CT molecular complexity index is 1190. The van der Waals surface area contributed by atoms with Crippen LogP contribution in [-0.4, -0.2) is 30.0 Å². The molecule has 0 atom stereocenters. The van der Waals surface area contributed by atoms with Gasteiger partial charge in [0, 0.05) is 6.54 Å². The Hall–Kier alpha value is -2.68. The van der Waals surface area contributed by atoms with E-state index in [9.17, 15) is 16.8 Å². The average Bonchev–Trinajstić information content (AvgIpc) is 2.76. The van der Waals surface area contributed by atoms with Gasteiger partial charge in [0.25, 0.3) is 0 Å². The van der Waals surface area contributed by atoms with Crippen LogP contribution in [0.25, 0.3) is 0 Å². The number of sulfone groups is 1. The zero-order chi connectivity index (χ0) is 21.6. The molecule has 3 rings (SSSR count). The molecule has 0 saturated heterocycles. The highest BCUT2D eigenvalue weighted by atomic mass is 32.2. The van der Waals surface area contributed by atoms with Gasteiger partial charge in [0.15, 0.2) is 0 Å². The van der Waals surface area contributed by atoms with Gasteiger partial charge in [-0.25, -0.2) is 21.6 Å². The van der Waals surface area contributed by atoms with E-state index in [1.165, 1.54) is 36.4 Å². The first-order valence-corrected chi connectivity index (χ1v) is 12.4. The molecule has 0 aromatic heterocycles. The standard InChI is InChI=1S/C22H23NO5S2/c1-2-28-19-13-11-18(12-14-19)15-16-23-30(26,27)22-10-6-9-21(17-22)29(24,25)20-7-4-3-5-8-20/h3-14,17,23H,2,15-16H2,1H3. The molecule has 0 aliphatic heterocycles. The van der Waals surface area contributed by atoms with Gasteiger partial charge in [-0.05, 0) is 61.4 Å². The van der Waals surface area contributed by atoms with Gasteiger partial charge in [0.05, 0.1) is 21.3 Å². The van der Waals surface area contributed by atoms with Crippen molar-refractivity contribution in [3.63, 3.8) is 0 Å². The lowest BCUT2D eigenvalue weighted by molar-refractivity contribution is 0.340. The molecule has 0 bridgehead atoms. The van der Waals surface area contributed by atoms with E-state index >= 15 is 0 Å². The van der Waals surface area contributed by atoms with Crippen molar-refractivity contribution in [1.29, 1.82) is 0 Å². The predicted octanol–water partition coefficient (Wildman–Crippen LogP) is 3.44. The van der Waals surface area contributed by atoms with E-state index in [0.29, 0.717) is 13.0 Å². The number of sulfonamides is 1. The molecule has 0 spiro atoms. The van der Waals surface area contributed by atoms with Crippen molar-refractivity contribution in [2.45, 2.75) is 28.0 Å². The smallest absolute Gasteiger partial charge is 0.240 e. The first-order chi connectivity index (χ1) is 14.3. The molecule has 0 fully saturated rings. The van der Waals surface area contributed by atoms with Crippen molar-refractivity contribution < 1.29 is 21.6 Å². The van der Waals surface area contributed by atoms with Crippen LogP contribution in [0.15, 0.2) is 93.5 Å². The van der Waals surface area contributed by atoms with E-state index in [4.69, 9.17) is 4.74 Å². The summed E-state index contributed by atoms with van der Waals surface area (Å²) < 4.78 is 58.7. The molecule has 30 heavy (non-hydrogen) atoms. The Morgan fingerprint density at radius 1 is 0.767 bits per heavy atom. The van der Waals surface area contributed by atoms with Crippen LogP contribution >= 0.6 is 0 Å². The average molecular weight is 446 g/mol. The SMILES string of the molecule is CCOc1ccc(CCNS(=O)(=O)c2cccc(S(=O)(=O)c3ccccc3)c2)cc1. The van der Waals surface area contributed by atoms with E-state index in [0.717, 1.165) is 11.3 Å². The maximum Gasteiger partial charge on any atom is 0.240 e. The lowest BCUT2D eigenvalue weighted by atomic mass is 10.1. The number of rotatable bonds is 9. The van der Waals surface area contributed by atoms with Crippen molar-refractivity contribution in [3.05, 3.63) is 84.4 Å². The van der Waals surface area contributed by atoms with Crippen molar-refractivity contribution in [2.75, 3.05) is 13.2 Å². The van der Waals surface area contributed by atoms with Crippen LogP contribution in [0, 0.1) is 0 Å². The van der Waals surface area contributed by atoms with Gasteiger partial charge >= 0.3 is 0 Å². The lowest BCUT2D eigenvalue weighted by Gasteiger charge is -2.10. The fourth-order valence-electron chi connectivity index (χ4n) is 2.88. The van der Waals surface area contributed by atoms with Crippen LogP contribution in [0.4, 0.5) is 0 Å². The second kappa shape index (κ2) is 9.42. The summed E-state index contributed by atoms with van der Waals surface area (Å²) in [6.45, 7) is 2.67. The predicted molar refractivity (Wildman–Crippen MR) is 115 cm³/mol. The second-order valence-corrected chi connectivity index (χ2v) is 10.2. The number of benzene rings is 3. The Morgan fingerprint density at radius 3 is 2.07 bits per heavy atom. The molecule has 3 aromatic carbocycles. The third-order valence-corrected chi connectivity index (χ3v) is 7.65. The molecular weight excluding hydrogens is 422 g/mol. The Labute approximate surface area is 177 Å². The first-order valence-electron chi connectivity index (χ1n) is 9.44. The normalized spacial score (nSPS) is 11.9. The Morgan fingerprint density at radius 2 is 1.40 bits per heavy atom. The summed E-state index contributed by atoms with van der Waals surface area (Å²) in [4.78, 5) is -0.0442. The molecule has 0 heterocycles. The molecular formula is C22H23NO5S2. The minimum atomic E-state index is -3.85. The number of hydrogen-bond donors (Lipinski definition) is 1. The summed E-state index contributed by atoms with van der Waals surface area (Å²) in [5.74, 6) is 0.762. The van der Waals surface area contributed by atoms with E-state index in [1.807, 2.05) is 31.2 Å². The summed E-state index contributed by atoms with van der Waals surface area (Å²) in [5, 5.41) is 0. The van der Waals surface area contributed by atoms with Gasteiger partial charge in [0.1, 0.15) is 5.75 Å². The van der Waals surface area contributed by atoms with E-state index < -0.39 is 19.9 Å². The van der Waals surface area contributed by atoms with Crippen LogP contribution in [0.5, 0.6) is 5.75 Å². The highest BCUT2D eigenvalue weighted by molar-refractivity contribution is 7.91. The summed E-state index contributed by atoms with van der Waals surface area (Å²) >= 11 is 0. The van der Waals surface area contributed by atoms with Gasteiger partial charge in [-0.1, -0.05) is 36.4 Å². The maximum atomic E-state index is 12.8. The molecule has 6 nitrogen and oxygen atoms in total. The number of nitrogens with one attached hydrogen (secondary N) is 1. The highest BCUT2D eigenvalue weighted by Gasteiger charge is 2.21. The van der Waals surface area contributed by atoms with E-state index in [1.54, 1.807) is 18.2 Å². The molecule has 158 valence electrons. The molecule has 0 amide bonds. The topological polar surface area (TPSA) is 89.5 Å². The van der Waals surface area contributed by atoms with Crippen molar-refractivity contribution in [3.8, 4) is 5.75 Å². The van der Waals surface area contributed by atoms with Crippen molar-refractivity contribution in [1.82, 2.24) is 4.72 Å². The van der Waals surface area contributed by atoms with Crippen LogP contribution in [0.2, 0.25) is 0 Å². The molecule has 0 saturated carbocycles. The van der Waals surface area contributed by atoms with Crippen LogP contribution in [0.3, 0.4) is 0 Å². The first kappa shape index (κ1) is 22.0. The highest BCUT2D eigenvalue weighted by Crippen LogP contribution is 2.23. The maximum absolute atomic E-state index is 12.8. The summed E-state index contributed by atoms with van der Waals surface area (Å²) in [7, 11) is -7.65. The summed E-state index contributed by atoms with van der Waals surface area (Å²) in [6.07, 6.45) is 0.494. The minimum absolute atomic E-state index is 0.0666. The van der Waals surface area contributed by atoms with Crippen molar-refractivity contribution in [2.24, 2.45) is 0 Å². The number of hydrogen-bond acceptors (Lipinski definition) is 5. The lowest BCUT2D eigenvalue weighted by Crippen LogP contribution is -2.26. The van der Waals surface area contributed by atoms with E-state index in [-0.39, 0.29) is 21.2 Å². The van der Waals surface area contributed by atoms with Crippen LogP contribution in [0.1, 0.15) is 12.5 Å².